The molecule has 0 spiro atoms. The summed E-state index contributed by atoms with van der Waals surface area (Å²) in [6, 6.07) is 0. The molecule has 0 fully saturated rings. The molecule has 6 heteroatoms. The molecule has 6 nitrogen and oxygen atoms in total. The van der Waals surface area contributed by atoms with Crippen molar-refractivity contribution in [3.63, 3.8) is 0 Å². The van der Waals surface area contributed by atoms with Gasteiger partial charge in [0.05, 0.1) is 0 Å². The number of esters is 3. The quantitative estimate of drug-likeness (QED) is 0.0343. The van der Waals surface area contributed by atoms with E-state index < -0.39 is 6.10 Å². The second-order valence-electron chi connectivity index (χ2n) is 23.8. The lowest BCUT2D eigenvalue weighted by molar-refractivity contribution is -0.167. The van der Waals surface area contributed by atoms with Crippen molar-refractivity contribution < 1.29 is 28.6 Å². The maximum atomic E-state index is 12.9. The third kappa shape index (κ3) is 63.1. The van der Waals surface area contributed by atoms with E-state index in [1.807, 2.05) is 0 Å². The van der Waals surface area contributed by atoms with Gasteiger partial charge in [0.25, 0.3) is 0 Å². The molecule has 0 heterocycles. The average molecular weight is 1060 g/mol. The lowest BCUT2D eigenvalue weighted by Gasteiger charge is -2.18. The third-order valence-electron chi connectivity index (χ3n) is 16.1. The lowest BCUT2D eigenvalue weighted by atomic mass is 10.0. The lowest BCUT2D eigenvalue weighted by Crippen LogP contribution is -2.30. The Morgan fingerprint density at radius 2 is 0.360 bits per heavy atom. The van der Waals surface area contributed by atoms with E-state index in [0.29, 0.717) is 19.3 Å². The van der Waals surface area contributed by atoms with Crippen molar-refractivity contribution in [2.45, 2.75) is 412 Å². The molecule has 0 aliphatic heterocycles. The van der Waals surface area contributed by atoms with E-state index in [1.54, 1.807) is 0 Å². The minimum absolute atomic E-state index is 0.0611. The Morgan fingerprint density at radius 3 is 0.533 bits per heavy atom. The maximum Gasteiger partial charge on any atom is 0.306 e. The normalized spacial score (nSPS) is 11.9. The van der Waals surface area contributed by atoms with Gasteiger partial charge < -0.3 is 14.2 Å². The van der Waals surface area contributed by atoms with Crippen LogP contribution in [-0.4, -0.2) is 37.2 Å². The molecular weight excluding hydrogens is 925 g/mol. The summed E-state index contributed by atoms with van der Waals surface area (Å²) >= 11 is 0. The molecule has 0 aromatic carbocycles. The van der Waals surface area contributed by atoms with Gasteiger partial charge >= 0.3 is 17.9 Å². The highest BCUT2D eigenvalue weighted by Crippen LogP contribution is 2.19. The van der Waals surface area contributed by atoms with Crippen LogP contribution in [0.1, 0.15) is 406 Å². The van der Waals surface area contributed by atoms with Crippen LogP contribution in [-0.2, 0) is 28.6 Å². The van der Waals surface area contributed by atoms with Gasteiger partial charge in [-0.05, 0) is 19.3 Å². The molecule has 0 saturated heterocycles. The second kappa shape index (κ2) is 64.9. The molecule has 0 aliphatic carbocycles. The highest BCUT2D eigenvalue weighted by atomic mass is 16.6. The topological polar surface area (TPSA) is 78.9 Å². The first-order valence-electron chi connectivity index (χ1n) is 34.5. The van der Waals surface area contributed by atoms with Crippen LogP contribution < -0.4 is 0 Å². The highest BCUT2D eigenvalue weighted by molar-refractivity contribution is 5.71. The fourth-order valence-corrected chi connectivity index (χ4v) is 10.9. The zero-order valence-electron chi connectivity index (χ0n) is 51.4. The number of hydrogen-bond acceptors (Lipinski definition) is 6. The van der Waals surface area contributed by atoms with E-state index in [0.717, 1.165) is 57.8 Å². The van der Waals surface area contributed by atoms with Crippen LogP contribution in [0.15, 0.2) is 0 Å². The fraction of sp³-hybridized carbons (Fsp3) is 0.957. The van der Waals surface area contributed by atoms with Crippen molar-refractivity contribution >= 4 is 17.9 Å². The van der Waals surface area contributed by atoms with Crippen LogP contribution in [0.3, 0.4) is 0 Å². The van der Waals surface area contributed by atoms with Crippen molar-refractivity contribution in [3.8, 4) is 0 Å². The number of carbonyl (C=O) groups is 3. The van der Waals surface area contributed by atoms with Gasteiger partial charge in [0, 0.05) is 19.3 Å². The number of rotatable bonds is 65. The second-order valence-corrected chi connectivity index (χ2v) is 23.8. The van der Waals surface area contributed by atoms with Crippen LogP contribution in [0.2, 0.25) is 0 Å². The minimum atomic E-state index is -0.762. The van der Waals surface area contributed by atoms with Crippen molar-refractivity contribution in [3.05, 3.63) is 0 Å². The zero-order valence-corrected chi connectivity index (χ0v) is 51.4. The van der Waals surface area contributed by atoms with Gasteiger partial charge in [-0.25, -0.2) is 0 Å². The Hall–Kier alpha value is -1.59. The Bertz CT molecular complexity index is 1120. The minimum Gasteiger partial charge on any atom is -0.462 e. The Morgan fingerprint density at radius 1 is 0.213 bits per heavy atom. The summed E-state index contributed by atoms with van der Waals surface area (Å²) in [7, 11) is 0. The number of hydrogen-bond donors (Lipinski definition) is 0. The molecular formula is C69H134O6. The van der Waals surface area contributed by atoms with Gasteiger partial charge in [0.1, 0.15) is 13.2 Å². The molecule has 0 aromatic heterocycles. The van der Waals surface area contributed by atoms with Gasteiger partial charge in [0.2, 0.25) is 0 Å². The average Bonchev–Trinajstić information content (AvgIpc) is 3.41. The first-order chi connectivity index (χ1) is 37.0. The maximum absolute atomic E-state index is 12.9. The van der Waals surface area contributed by atoms with Crippen molar-refractivity contribution in [2.75, 3.05) is 13.2 Å². The molecule has 446 valence electrons. The van der Waals surface area contributed by atoms with Crippen LogP contribution in [0, 0.1) is 0 Å². The van der Waals surface area contributed by atoms with Crippen molar-refractivity contribution in [1.29, 1.82) is 0 Å². The molecule has 75 heavy (non-hydrogen) atoms. The fourth-order valence-electron chi connectivity index (χ4n) is 10.9. The molecule has 0 saturated carbocycles. The third-order valence-corrected chi connectivity index (χ3v) is 16.1. The SMILES string of the molecule is CCCCCCCCCCCCCCCCCCCCCCCCCCCCCCC(=O)OCC(COC(=O)CCCCCCCCCC)OC(=O)CCCCCCCCCCCCCCCCCCCCCCC. The van der Waals surface area contributed by atoms with Gasteiger partial charge in [-0.2, -0.15) is 0 Å². The summed E-state index contributed by atoms with van der Waals surface area (Å²) in [5.74, 6) is -0.831. The summed E-state index contributed by atoms with van der Waals surface area (Å²) in [6.45, 7) is 6.70. The molecule has 0 aliphatic rings. The molecule has 0 bridgehead atoms. The summed E-state index contributed by atoms with van der Waals surface area (Å²) in [5, 5.41) is 0. The summed E-state index contributed by atoms with van der Waals surface area (Å²) < 4.78 is 16.9. The summed E-state index contributed by atoms with van der Waals surface area (Å²) in [5.41, 5.74) is 0. The number of carbonyl (C=O) groups excluding carboxylic acids is 3. The predicted octanol–water partition coefficient (Wildman–Crippen LogP) is 23.5. The smallest absolute Gasteiger partial charge is 0.306 e. The van der Waals surface area contributed by atoms with Gasteiger partial charge in [-0.3, -0.25) is 14.4 Å². The zero-order chi connectivity index (χ0) is 54.3. The monoisotopic (exact) mass is 1060 g/mol. The molecule has 1 unspecified atom stereocenters. The Labute approximate surface area is 469 Å². The van der Waals surface area contributed by atoms with E-state index in [-0.39, 0.29) is 31.1 Å². The molecule has 0 radical (unpaired) electrons. The van der Waals surface area contributed by atoms with Crippen LogP contribution in [0.4, 0.5) is 0 Å². The molecule has 0 rings (SSSR count). The molecule has 0 aromatic rings. The van der Waals surface area contributed by atoms with Gasteiger partial charge in [-0.1, -0.05) is 367 Å². The van der Waals surface area contributed by atoms with E-state index in [9.17, 15) is 14.4 Å². The largest absolute Gasteiger partial charge is 0.462 e. The highest BCUT2D eigenvalue weighted by Gasteiger charge is 2.19. The van der Waals surface area contributed by atoms with E-state index >= 15 is 0 Å². The van der Waals surface area contributed by atoms with Crippen LogP contribution >= 0.6 is 0 Å². The van der Waals surface area contributed by atoms with Gasteiger partial charge in [-0.15, -0.1) is 0 Å². The standard InChI is InChI=1S/C69H134O6/c1-4-7-10-13-16-19-21-23-25-27-29-31-32-33-34-35-36-37-39-40-42-44-46-48-50-53-56-59-62-68(71)74-65-66(64-73-67(70)61-58-55-52-18-15-12-9-6-3)75-69(72)63-60-57-54-51-49-47-45-43-41-38-30-28-26-24-22-20-17-14-11-8-5-2/h66H,4-65H2,1-3H3. The van der Waals surface area contributed by atoms with E-state index in [2.05, 4.69) is 20.8 Å². The van der Waals surface area contributed by atoms with Crippen LogP contribution in [0.5, 0.6) is 0 Å². The molecule has 1 atom stereocenters. The van der Waals surface area contributed by atoms with Crippen molar-refractivity contribution in [2.24, 2.45) is 0 Å². The number of ether oxygens (including phenoxy) is 3. The molecule has 0 amide bonds. The summed E-state index contributed by atoms with van der Waals surface area (Å²) in [4.78, 5) is 38.2. The Balaban J connectivity index is 4.03. The van der Waals surface area contributed by atoms with Crippen LogP contribution in [0.25, 0.3) is 0 Å². The summed E-state index contributed by atoms with van der Waals surface area (Å²) in [6.07, 6.45) is 75.9. The first kappa shape index (κ1) is 73.4. The first-order valence-corrected chi connectivity index (χ1v) is 34.5. The molecule has 0 N–H and O–H groups in total. The van der Waals surface area contributed by atoms with E-state index in [4.69, 9.17) is 14.2 Å². The number of unbranched alkanes of at least 4 members (excludes halogenated alkanes) is 54. The Kier molecular flexibility index (Phi) is 63.6. The van der Waals surface area contributed by atoms with Gasteiger partial charge in [0.15, 0.2) is 6.10 Å². The van der Waals surface area contributed by atoms with Crippen molar-refractivity contribution in [1.82, 2.24) is 0 Å². The predicted molar refractivity (Wildman–Crippen MR) is 326 cm³/mol. The van der Waals surface area contributed by atoms with E-state index in [1.165, 1.54) is 308 Å².